The zero-order valence-corrected chi connectivity index (χ0v) is 34.4. The van der Waals surface area contributed by atoms with Gasteiger partial charge in [0, 0.05) is 44.5 Å². The van der Waals surface area contributed by atoms with Crippen molar-refractivity contribution < 1.29 is 19.2 Å². The van der Waals surface area contributed by atoms with E-state index in [-0.39, 0.29) is 30.6 Å². The number of carbonyl (C=O) groups is 4. The molecule has 0 amide bonds. The molecule has 8 rings (SSSR count). The Kier molecular flexibility index (Phi) is 18.0. The van der Waals surface area contributed by atoms with Crippen molar-refractivity contribution in [1.29, 1.82) is 0 Å². The maximum Gasteiger partial charge on any atom is 0.193 e. The topological polar surface area (TPSA) is 68.3 Å². The summed E-state index contributed by atoms with van der Waals surface area (Å²) in [4.78, 5) is 47.8. The molecule has 0 aliphatic carbocycles. The molecule has 0 heterocycles. The Morgan fingerprint density at radius 3 is 0.492 bits per heavy atom. The maximum absolute atomic E-state index is 12.0. The average molecular weight is 801 g/mol. The van der Waals surface area contributed by atoms with Crippen LogP contribution in [0.1, 0.15) is 93.4 Å². The van der Waals surface area contributed by atoms with Gasteiger partial charge >= 0.3 is 0 Å². The zero-order chi connectivity index (χ0) is 42.7. The molecule has 304 valence electrons. The molecule has 4 heteroatoms. The van der Waals surface area contributed by atoms with Crippen molar-refractivity contribution in [2.45, 2.75) is 35.1 Å². The van der Waals surface area contributed by atoms with Gasteiger partial charge in [-0.2, -0.15) is 0 Å². The van der Waals surface area contributed by atoms with Gasteiger partial charge in [0.05, 0.1) is 0 Å². The summed E-state index contributed by atoms with van der Waals surface area (Å²) in [5.41, 5.74) is 10.6. The Balaban J connectivity index is 0.000000178. The minimum atomic E-state index is 0. The first-order valence-corrected chi connectivity index (χ1v) is 19.7. The molecule has 0 aliphatic rings. The number of benzene rings is 8. The number of hydrogen-bond acceptors (Lipinski definition) is 4. The van der Waals surface area contributed by atoms with Crippen LogP contribution in [0.25, 0.3) is 0 Å². The van der Waals surface area contributed by atoms with Gasteiger partial charge in [-0.05, 0) is 27.7 Å². The minimum absolute atomic E-state index is 0. The van der Waals surface area contributed by atoms with E-state index < -0.39 is 0 Å². The first kappa shape index (κ1) is 46.1. The Bertz CT molecular complexity index is 2190. The SMILES string of the molecule is C.Cc1ccc(C(=O)c2ccccc2)cc1.Cc1ccc(C(=O)c2ccccc2)cc1.Cc1ccc(C(=O)c2ccccc2)cc1.Cc1ccc(C(=O)c2ccccc2)cc1. The van der Waals surface area contributed by atoms with E-state index in [0.717, 1.165) is 44.5 Å². The van der Waals surface area contributed by atoms with Gasteiger partial charge in [0.2, 0.25) is 0 Å². The summed E-state index contributed by atoms with van der Waals surface area (Å²) >= 11 is 0. The van der Waals surface area contributed by atoms with Gasteiger partial charge in [0.25, 0.3) is 0 Å². The van der Waals surface area contributed by atoms with Crippen molar-refractivity contribution in [1.82, 2.24) is 0 Å². The van der Waals surface area contributed by atoms with E-state index in [1.807, 2.05) is 246 Å². The average Bonchev–Trinajstić information content (AvgIpc) is 3.31. The lowest BCUT2D eigenvalue weighted by Crippen LogP contribution is -2.00. The van der Waals surface area contributed by atoms with Gasteiger partial charge in [0.15, 0.2) is 23.1 Å². The van der Waals surface area contributed by atoms with Crippen LogP contribution in [0.3, 0.4) is 0 Å². The molecule has 4 nitrogen and oxygen atoms in total. The van der Waals surface area contributed by atoms with Crippen molar-refractivity contribution in [3.8, 4) is 0 Å². The second-order valence-corrected chi connectivity index (χ2v) is 14.2. The highest BCUT2D eigenvalue weighted by Crippen LogP contribution is 2.14. The fourth-order valence-electron chi connectivity index (χ4n) is 5.84. The van der Waals surface area contributed by atoms with Gasteiger partial charge in [-0.25, -0.2) is 0 Å². The van der Waals surface area contributed by atoms with E-state index in [0.29, 0.717) is 0 Å². The molecule has 0 unspecified atom stereocenters. The van der Waals surface area contributed by atoms with E-state index in [2.05, 4.69) is 0 Å². The summed E-state index contributed by atoms with van der Waals surface area (Å²) in [6, 6.07) is 67.9. The lowest BCUT2D eigenvalue weighted by Gasteiger charge is -2.00. The fourth-order valence-corrected chi connectivity index (χ4v) is 5.84. The van der Waals surface area contributed by atoms with Crippen molar-refractivity contribution in [2.24, 2.45) is 0 Å². The van der Waals surface area contributed by atoms with Crippen molar-refractivity contribution >= 4 is 23.1 Å². The number of hydrogen-bond donors (Lipinski definition) is 0. The molecule has 0 atom stereocenters. The third kappa shape index (κ3) is 14.3. The van der Waals surface area contributed by atoms with E-state index in [9.17, 15) is 19.2 Å². The largest absolute Gasteiger partial charge is 0.289 e. The molecular weight excluding hydrogens is 749 g/mol. The quantitative estimate of drug-likeness (QED) is 0.144. The Morgan fingerprint density at radius 1 is 0.213 bits per heavy atom. The molecule has 0 radical (unpaired) electrons. The predicted octanol–water partition coefficient (Wildman–Crippen LogP) is 13.5. The summed E-state index contributed by atoms with van der Waals surface area (Å²) in [5.74, 6) is 0.317. The van der Waals surface area contributed by atoms with Gasteiger partial charge < -0.3 is 0 Å². The summed E-state index contributed by atoms with van der Waals surface area (Å²) in [7, 11) is 0. The fraction of sp³-hybridized carbons (Fsp3) is 0.0877. The van der Waals surface area contributed by atoms with E-state index in [1.165, 1.54) is 22.3 Å². The van der Waals surface area contributed by atoms with Gasteiger partial charge in [-0.15, -0.1) is 0 Å². The van der Waals surface area contributed by atoms with E-state index in [1.54, 1.807) is 0 Å². The first-order chi connectivity index (χ1) is 29.1. The highest BCUT2D eigenvalue weighted by molar-refractivity contribution is 6.10. The normalized spacial score (nSPS) is 9.77. The van der Waals surface area contributed by atoms with Crippen LogP contribution in [-0.4, -0.2) is 23.1 Å². The van der Waals surface area contributed by atoms with Crippen molar-refractivity contribution in [3.63, 3.8) is 0 Å². The van der Waals surface area contributed by atoms with Gasteiger partial charge in [0.1, 0.15) is 0 Å². The monoisotopic (exact) mass is 800 g/mol. The summed E-state index contributed by atoms with van der Waals surface area (Å²) in [5, 5.41) is 0. The number of rotatable bonds is 8. The molecule has 0 N–H and O–H groups in total. The Hall–Kier alpha value is -7.56. The van der Waals surface area contributed by atoms with Crippen LogP contribution in [0.15, 0.2) is 218 Å². The zero-order valence-electron chi connectivity index (χ0n) is 34.4. The van der Waals surface area contributed by atoms with Crippen molar-refractivity contribution in [3.05, 3.63) is 285 Å². The summed E-state index contributed by atoms with van der Waals surface area (Å²) in [6.45, 7) is 8.04. The molecule has 0 spiro atoms. The number of aryl methyl sites for hydroxylation is 4. The van der Waals surface area contributed by atoms with Crippen LogP contribution in [0.5, 0.6) is 0 Å². The minimum Gasteiger partial charge on any atom is -0.289 e. The first-order valence-electron chi connectivity index (χ1n) is 19.7. The Morgan fingerprint density at radius 2 is 0.344 bits per heavy atom. The van der Waals surface area contributed by atoms with Gasteiger partial charge in [-0.1, -0.05) is 248 Å². The second kappa shape index (κ2) is 23.7. The molecule has 0 fully saturated rings. The van der Waals surface area contributed by atoms with E-state index >= 15 is 0 Å². The van der Waals surface area contributed by atoms with Crippen LogP contribution >= 0.6 is 0 Å². The van der Waals surface area contributed by atoms with E-state index in [4.69, 9.17) is 0 Å². The predicted molar refractivity (Wildman–Crippen MR) is 251 cm³/mol. The third-order valence-electron chi connectivity index (χ3n) is 9.40. The third-order valence-corrected chi connectivity index (χ3v) is 9.40. The van der Waals surface area contributed by atoms with Crippen LogP contribution in [0.4, 0.5) is 0 Å². The molecule has 0 aromatic heterocycles. The molecule has 61 heavy (non-hydrogen) atoms. The van der Waals surface area contributed by atoms with Crippen LogP contribution < -0.4 is 0 Å². The molecule has 0 bridgehead atoms. The molecule has 8 aromatic rings. The molecule has 0 saturated carbocycles. The standard InChI is InChI=1S/4C14H12O.CH4/c4*1-11-7-9-13(10-8-11)14(15)12-5-3-2-4-6-12;/h4*2-10H,1H3;1H4. The molecule has 8 aromatic carbocycles. The summed E-state index contributed by atoms with van der Waals surface area (Å²) < 4.78 is 0. The summed E-state index contributed by atoms with van der Waals surface area (Å²) in [6.07, 6.45) is 0. The van der Waals surface area contributed by atoms with Crippen molar-refractivity contribution in [2.75, 3.05) is 0 Å². The maximum atomic E-state index is 12.0. The van der Waals surface area contributed by atoms with Crippen LogP contribution in [0, 0.1) is 27.7 Å². The van der Waals surface area contributed by atoms with Crippen LogP contribution in [-0.2, 0) is 0 Å². The molecule has 0 aliphatic heterocycles. The number of ketones is 4. The highest BCUT2D eigenvalue weighted by Gasteiger charge is 2.10. The Labute approximate surface area is 361 Å². The lowest BCUT2D eigenvalue weighted by atomic mass is 10.0. The molecular formula is C57H52O4. The van der Waals surface area contributed by atoms with Crippen LogP contribution in [0.2, 0.25) is 0 Å². The second-order valence-electron chi connectivity index (χ2n) is 14.2. The number of carbonyl (C=O) groups excluding carboxylic acids is 4. The smallest absolute Gasteiger partial charge is 0.193 e. The molecule has 0 saturated heterocycles. The lowest BCUT2D eigenvalue weighted by molar-refractivity contribution is 0.103. The van der Waals surface area contributed by atoms with Gasteiger partial charge in [-0.3, -0.25) is 19.2 Å². The highest BCUT2D eigenvalue weighted by atomic mass is 16.1.